The number of nitrogens with zero attached hydrogens (tertiary/aromatic N) is 3. The van der Waals surface area contributed by atoms with Gasteiger partial charge < -0.3 is 10.2 Å². The number of amides is 1. The Kier molecular flexibility index (Phi) is 4.26. The summed E-state index contributed by atoms with van der Waals surface area (Å²) in [7, 11) is 3.44. The maximum absolute atomic E-state index is 11.3. The van der Waals surface area contributed by atoms with Crippen molar-refractivity contribution in [1.82, 2.24) is 9.27 Å². The van der Waals surface area contributed by atoms with Gasteiger partial charge in [-0.15, -0.1) is 0 Å². The molecule has 1 N–H and O–H groups in total. The normalized spacial score (nSPS) is 9.62. The topological polar surface area (TPSA) is 69.0 Å². The summed E-state index contributed by atoms with van der Waals surface area (Å²) in [6.07, 6.45) is 0.412. The van der Waals surface area contributed by atoms with Crippen molar-refractivity contribution in [1.29, 1.82) is 5.26 Å². The highest BCUT2D eigenvalue weighted by atomic mass is 32.1. The molecule has 0 aromatic carbocycles. The third-order valence-electron chi connectivity index (χ3n) is 2.10. The van der Waals surface area contributed by atoms with Crippen LogP contribution in [0, 0.1) is 18.3 Å². The second kappa shape index (κ2) is 5.47. The summed E-state index contributed by atoms with van der Waals surface area (Å²) in [4.78, 5) is 12.8. The molecule has 0 spiro atoms. The average Bonchev–Trinajstić information content (AvgIpc) is 2.59. The molecule has 0 unspecified atom stereocenters. The zero-order valence-electron chi connectivity index (χ0n) is 9.57. The number of carbonyl (C=O) groups is 1. The van der Waals surface area contributed by atoms with Crippen molar-refractivity contribution in [3.05, 3.63) is 11.3 Å². The van der Waals surface area contributed by atoms with Gasteiger partial charge in [0.1, 0.15) is 16.6 Å². The van der Waals surface area contributed by atoms with Crippen LogP contribution in [0.5, 0.6) is 0 Å². The maximum atomic E-state index is 11.3. The molecule has 0 saturated carbocycles. The molecule has 1 heterocycles. The molecule has 5 nitrogen and oxygen atoms in total. The number of hydrogen-bond acceptors (Lipinski definition) is 5. The van der Waals surface area contributed by atoms with Crippen LogP contribution in [-0.2, 0) is 4.79 Å². The monoisotopic (exact) mass is 238 g/mol. The second-order valence-corrected chi connectivity index (χ2v) is 4.32. The SMILES string of the molecule is Cc1nsc(NCCC(=O)N(C)C)c1C#N. The zero-order chi connectivity index (χ0) is 12.1. The van der Waals surface area contributed by atoms with Gasteiger partial charge in [0, 0.05) is 27.1 Å². The number of carbonyl (C=O) groups excluding carboxylic acids is 1. The van der Waals surface area contributed by atoms with Crippen molar-refractivity contribution < 1.29 is 4.79 Å². The predicted molar refractivity (Wildman–Crippen MR) is 63.4 cm³/mol. The molecule has 0 atom stereocenters. The summed E-state index contributed by atoms with van der Waals surface area (Å²) in [6, 6.07) is 2.09. The molecule has 1 aromatic rings. The minimum Gasteiger partial charge on any atom is -0.374 e. The van der Waals surface area contributed by atoms with Gasteiger partial charge in [-0.3, -0.25) is 4.79 Å². The van der Waals surface area contributed by atoms with Crippen LogP contribution in [0.25, 0.3) is 0 Å². The molecule has 1 aromatic heterocycles. The van der Waals surface area contributed by atoms with Crippen LogP contribution in [0.4, 0.5) is 5.00 Å². The van der Waals surface area contributed by atoms with Crippen LogP contribution in [0.15, 0.2) is 0 Å². The summed E-state index contributed by atoms with van der Waals surface area (Å²) in [5.74, 6) is 0.0623. The summed E-state index contributed by atoms with van der Waals surface area (Å²) in [6.45, 7) is 2.32. The number of anilines is 1. The van der Waals surface area contributed by atoms with E-state index < -0.39 is 0 Å². The van der Waals surface area contributed by atoms with E-state index in [1.54, 1.807) is 25.9 Å². The lowest BCUT2D eigenvalue weighted by molar-refractivity contribution is -0.128. The van der Waals surface area contributed by atoms with E-state index in [2.05, 4.69) is 15.8 Å². The first-order chi connectivity index (χ1) is 7.56. The highest BCUT2D eigenvalue weighted by molar-refractivity contribution is 7.10. The molecule has 16 heavy (non-hydrogen) atoms. The maximum Gasteiger partial charge on any atom is 0.223 e. The van der Waals surface area contributed by atoms with Gasteiger partial charge >= 0.3 is 0 Å². The van der Waals surface area contributed by atoms with Crippen LogP contribution in [-0.4, -0.2) is 35.8 Å². The highest BCUT2D eigenvalue weighted by Gasteiger charge is 2.10. The van der Waals surface area contributed by atoms with Gasteiger partial charge in [0.2, 0.25) is 5.91 Å². The van der Waals surface area contributed by atoms with Gasteiger partial charge in [0.05, 0.1) is 5.69 Å². The molecule has 6 heteroatoms. The molecule has 0 bridgehead atoms. The number of aromatic nitrogens is 1. The Balaban J connectivity index is 2.50. The molecule has 86 valence electrons. The van der Waals surface area contributed by atoms with Crippen molar-refractivity contribution in [2.75, 3.05) is 26.0 Å². The standard InChI is InChI=1S/C10H14N4OS/c1-7-8(6-11)10(16-13-7)12-5-4-9(15)14(2)3/h12H,4-5H2,1-3H3. The van der Waals surface area contributed by atoms with Gasteiger partial charge in [0.25, 0.3) is 0 Å². The molecule has 0 fully saturated rings. The third-order valence-corrected chi connectivity index (χ3v) is 2.99. The predicted octanol–water partition coefficient (Wildman–Crippen LogP) is 1.21. The lowest BCUT2D eigenvalue weighted by Gasteiger charge is -2.10. The number of nitriles is 1. The van der Waals surface area contributed by atoms with E-state index in [0.29, 0.717) is 18.5 Å². The first kappa shape index (κ1) is 12.5. The Morgan fingerprint density at radius 2 is 2.31 bits per heavy atom. The molecule has 0 aliphatic heterocycles. The molecule has 1 rings (SSSR count). The number of aryl methyl sites for hydroxylation is 1. The highest BCUT2D eigenvalue weighted by Crippen LogP contribution is 2.22. The van der Waals surface area contributed by atoms with Gasteiger partial charge in [-0.25, -0.2) is 0 Å². The van der Waals surface area contributed by atoms with Crippen molar-refractivity contribution in [3.8, 4) is 6.07 Å². The fourth-order valence-corrected chi connectivity index (χ4v) is 1.90. The lowest BCUT2D eigenvalue weighted by Crippen LogP contribution is -2.23. The second-order valence-electron chi connectivity index (χ2n) is 3.55. The Morgan fingerprint density at radius 1 is 1.62 bits per heavy atom. The molecular weight excluding hydrogens is 224 g/mol. The van der Waals surface area contributed by atoms with E-state index in [0.717, 1.165) is 10.7 Å². The number of nitrogens with one attached hydrogen (secondary N) is 1. The van der Waals surface area contributed by atoms with Crippen LogP contribution >= 0.6 is 11.5 Å². The molecule has 0 radical (unpaired) electrons. The molecule has 0 aliphatic carbocycles. The van der Waals surface area contributed by atoms with Crippen LogP contribution < -0.4 is 5.32 Å². The number of hydrogen-bond donors (Lipinski definition) is 1. The van der Waals surface area contributed by atoms with Crippen molar-refractivity contribution >= 4 is 22.4 Å². The molecule has 0 aliphatic rings. The van der Waals surface area contributed by atoms with Crippen LogP contribution in [0.2, 0.25) is 0 Å². The van der Waals surface area contributed by atoms with E-state index in [1.807, 2.05) is 0 Å². The molecular formula is C10H14N4OS. The van der Waals surface area contributed by atoms with Crippen molar-refractivity contribution in [2.45, 2.75) is 13.3 Å². The van der Waals surface area contributed by atoms with Crippen molar-refractivity contribution in [2.24, 2.45) is 0 Å². The average molecular weight is 238 g/mol. The van der Waals surface area contributed by atoms with Gasteiger partial charge in [-0.1, -0.05) is 0 Å². The fourth-order valence-electron chi connectivity index (χ4n) is 1.13. The van der Waals surface area contributed by atoms with Crippen LogP contribution in [0.1, 0.15) is 17.7 Å². The smallest absolute Gasteiger partial charge is 0.223 e. The number of rotatable bonds is 4. The van der Waals surface area contributed by atoms with Gasteiger partial charge in [-0.2, -0.15) is 9.64 Å². The Labute approximate surface area is 98.9 Å². The summed E-state index contributed by atoms with van der Waals surface area (Å²) < 4.78 is 4.08. The van der Waals surface area contributed by atoms with E-state index in [4.69, 9.17) is 5.26 Å². The molecule has 1 amide bonds. The lowest BCUT2D eigenvalue weighted by atomic mass is 10.3. The fraction of sp³-hybridized carbons (Fsp3) is 0.500. The summed E-state index contributed by atoms with van der Waals surface area (Å²) in [5.41, 5.74) is 1.30. The summed E-state index contributed by atoms with van der Waals surface area (Å²) >= 11 is 1.25. The Morgan fingerprint density at radius 3 is 2.88 bits per heavy atom. The first-order valence-corrected chi connectivity index (χ1v) is 5.64. The first-order valence-electron chi connectivity index (χ1n) is 4.86. The van der Waals surface area contributed by atoms with Gasteiger partial charge in [-0.05, 0) is 18.5 Å². The third kappa shape index (κ3) is 2.94. The quantitative estimate of drug-likeness (QED) is 0.856. The Bertz CT molecular complexity index is 419. The van der Waals surface area contributed by atoms with E-state index in [-0.39, 0.29) is 5.91 Å². The van der Waals surface area contributed by atoms with E-state index in [1.165, 1.54) is 11.5 Å². The molecule has 0 saturated heterocycles. The van der Waals surface area contributed by atoms with E-state index in [9.17, 15) is 4.79 Å². The summed E-state index contributed by atoms with van der Waals surface area (Å²) in [5, 5.41) is 12.7. The van der Waals surface area contributed by atoms with Crippen molar-refractivity contribution in [3.63, 3.8) is 0 Å². The van der Waals surface area contributed by atoms with E-state index >= 15 is 0 Å². The zero-order valence-corrected chi connectivity index (χ0v) is 10.4. The van der Waals surface area contributed by atoms with Crippen LogP contribution in [0.3, 0.4) is 0 Å². The minimum absolute atomic E-state index is 0.0623. The minimum atomic E-state index is 0.0623. The van der Waals surface area contributed by atoms with Gasteiger partial charge in [0.15, 0.2) is 0 Å². The largest absolute Gasteiger partial charge is 0.374 e. The Hall–Kier alpha value is -1.61.